The van der Waals surface area contributed by atoms with Gasteiger partial charge in [0, 0.05) is 6.54 Å². The monoisotopic (exact) mass is 379 g/mol. The van der Waals surface area contributed by atoms with E-state index in [2.05, 4.69) is 0 Å². The van der Waals surface area contributed by atoms with Gasteiger partial charge in [0.05, 0.1) is 17.5 Å². The van der Waals surface area contributed by atoms with Gasteiger partial charge in [0.15, 0.2) is 9.84 Å². The summed E-state index contributed by atoms with van der Waals surface area (Å²) in [5, 5.41) is 1.14. The fourth-order valence-corrected chi connectivity index (χ4v) is 5.27. The number of hydrogen-bond acceptors (Lipinski definition) is 4. The van der Waals surface area contributed by atoms with Crippen molar-refractivity contribution in [1.29, 1.82) is 0 Å². The molecule has 0 amide bonds. The smallest absolute Gasteiger partial charge is 0.185 e. The van der Waals surface area contributed by atoms with E-state index in [1.165, 1.54) is 0 Å². The lowest BCUT2D eigenvalue weighted by Crippen LogP contribution is -2.32. The molecule has 0 aliphatic carbocycles. The summed E-state index contributed by atoms with van der Waals surface area (Å²) in [5.74, 6) is 0. The predicted molar refractivity (Wildman–Crippen MR) is 105 cm³/mol. The van der Waals surface area contributed by atoms with Crippen LogP contribution in [0.25, 0.3) is 0 Å². The Balaban J connectivity index is 1.71. The second kappa shape index (κ2) is 7.64. The third-order valence-corrected chi connectivity index (χ3v) is 6.98. The Morgan fingerprint density at radius 1 is 0.815 bits per heavy atom. The highest BCUT2D eigenvalue weighted by Crippen LogP contribution is 2.38. The molecule has 0 spiro atoms. The fraction of sp³-hybridized carbons (Fsp3) is 0.182. The topological polar surface area (TPSA) is 46.6 Å². The summed E-state index contributed by atoms with van der Waals surface area (Å²) in [6, 6.07) is 27.9. The van der Waals surface area contributed by atoms with Crippen LogP contribution in [0.3, 0.4) is 0 Å². The van der Waals surface area contributed by atoms with Crippen molar-refractivity contribution >= 4 is 9.84 Å². The molecule has 0 bridgehead atoms. The van der Waals surface area contributed by atoms with E-state index in [4.69, 9.17) is 4.84 Å². The molecule has 5 heteroatoms. The highest BCUT2D eigenvalue weighted by Gasteiger charge is 2.45. The van der Waals surface area contributed by atoms with Crippen molar-refractivity contribution in [2.24, 2.45) is 0 Å². The third-order valence-electron chi connectivity index (χ3n) is 4.86. The van der Waals surface area contributed by atoms with Gasteiger partial charge in [-0.05, 0) is 23.3 Å². The molecular formula is C22H21NO3S. The lowest BCUT2D eigenvalue weighted by Gasteiger charge is -2.26. The highest BCUT2D eigenvalue weighted by molar-refractivity contribution is 7.92. The summed E-state index contributed by atoms with van der Waals surface area (Å²) in [5.41, 5.74) is 2.02. The molecule has 1 aliphatic rings. The summed E-state index contributed by atoms with van der Waals surface area (Å²) >= 11 is 0. The Kier molecular flexibility index (Phi) is 5.07. The van der Waals surface area contributed by atoms with E-state index in [9.17, 15) is 8.42 Å². The molecular weight excluding hydrogens is 358 g/mol. The Morgan fingerprint density at radius 2 is 1.37 bits per heavy atom. The second-order valence-electron chi connectivity index (χ2n) is 6.61. The van der Waals surface area contributed by atoms with Crippen molar-refractivity contribution in [3.05, 3.63) is 102 Å². The van der Waals surface area contributed by atoms with Crippen molar-refractivity contribution < 1.29 is 13.3 Å². The molecule has 0 radical (unpaired) electrons. The van der Waals surface area contributed by atoms with Crippen molar-refractivity contribution in [3.63, 3.8) is 0 Å². The molecule has 1 fully saturated rings. The molecule has 3 aromatic rings. The first-order valence-corrected chi connectivity index (χ1v) is 10.5. The largest absolute Gasteiger partial charge is 0.297 e. The Morgan fingerprint density at radius 3 is 2.00 bits per heavy atom. The van der Waals surface area contributed by atoms with Crippen LogP contribution in [0, 0.1) is 0 Å². The van der Waals surface area contributed by atoms with Crippen LogP contribution in [-0.2, 0) is 21.2 Å². The Labute approximate surface area is 159 Å². The van der Waals surface area contributed by atoms with E-state index in [-0.39, 0.29) is 12.6 Å². The minimum atomic E-state index is -3.53. The summed E-state index contributed by atoms with van der Waals surface area (Å²) in [6.45, 7) is 0.671. The van der Waals surface area contributed by atoms with Gasteiger partial charge in [0.25, 0.3) is 0 Å². The minimum Gasteiger partial charge on any atom is -0.297 e. The molecule has 4 nitrogen and oxygen atoms in total. The maximum atomic E-state index is 13.3. The van der Waals surface area contributed by atoms with Crippen molar-refractivity contribution in [2.75, 3.05) is 6.61 Å². The third kappa shape index (κ3) is 3.67. The molecule has 1 heterocycles. The lowest BCUT2D eigenvalue weighted by molar-refractivity contribution is -0.141. The van der Waals surface area contributed by atoms with Crippen LogP contribution in [0.1, 0.15) is 17.2 Å². The van der Waals surface area contributed by atoms with Gasteiger partial charge >= 0.3 is 0 Å². The molecule has 27 heavy (non-hydrogen) atoms. The molecule has 2 atom stereocenters. The average molecular weight is 379 g/mol. The fourth-order valence-electron chi connectivity index (χ4n) is 3.51. The molecule has 1 saturated heterocycles. The van der Waals surface area contributed by atoms with E-state index in [1.54, 1.807) is 29.3 Å². The zero-order chi connectivity index (χ0) is 18.7. The summed E-state index contributed by atoms with van der Waals surface area (Å²) in [4.78, 5) is 6.23. The molecule has 0 saturated carbocycles. The van der Waals surface area contributed by atoms with Gasteiger partial charge in [-0.3, -0.25) is 4.84 Å². The van der Waals surface area contributed by atoms with Crippen LogP contribution >= 0.6 is 0 Å². The summed E-state index contributed by atoms with van der Waals surface area (Å²) in [6.07, 6.45) is 0. The standard InChI is InChI=1S/C22H21NO3S/c24-27(25,20-14-8-3-9-15-20)21-17-26-23(16-18-10-4-1-5-11-18)22(21)19-12-6-2-7-13-19/h1-15,21-22H,16-17H2/t21-,22-/m1/s1. The molecule has 3 aromatic carbocycles. The normalized spacial score (nSPS) is 20.6. The van der Waals surface area contributed by atoms with Crippen molar-refractivity contribution in [2.45, 2.75) is 22.7 Å². The number of rotatable bonds is 5. The van der Waals surface area contributed by atoms with E-state index in [1.807, 2.05) is 66.7 Å². The number of hydrogen-bond donors (Lipinski definition) is 0. The van der Waals surface area contributed by atoms with Crippen LogP contribution in [-0.4, -0.2) is 25.3 Å². The van der Waals surface area contributed by atoms with Gasteiger partial charge in [-0.25, -0.2) is 8.42 Å². The number of hydroxylamine groups is 2. The van der Waals surface area contributed by atoms with Gasteiger partial charge in [0.2, 0.25) is 0 Å². The summed E-state index contributed by atoms with van der Waals surface area (Å²) in [7, 11) is -3.53. The van der Waals surface area contributed by atoms with E-state index in [0.717, 1.165) is 11.1 Å². The van der Waals surface area contributed by atoms with Crippen molar-refractivity contribution in [1.82, 2.24) is 5.06 Å². The van der Waals surface area contributed by atoms with Crippen molar-refractivity contribution in [3.8, 4) is 0 Å². The molecule has 1 aliphatic heterocycles. The predicted octanol–water partition coefficient (Wildman–Crippen LogP) is 4.02. The van der Waals surface area contributed by atoms with Gasteiger partial charge < -0.3 is 0 Å². The van der Waals surface area contributed by atoms with Crippen LogP contribution in [0.5, 0.6) is 0 Å². The first-order valence-electron chi connectivity index (χ1n) is 8.93. The second-order valence-corrected chi connectivity index (χ2v) is 8.78. The quantitative estimate of drug-likeness (QED) is 0.672. The Hall–Kier alpha value is -2.47. The molecule has 138 valence electrons. The van der Waals surface area contributed by atoms with Gasteiger partial charge in [0.1, 0.15) is 5.25 Å². The SMILES string of the molecule is O=S(=O)(c1ccccc1)[C@@H]1CON(Cc2ccccc2)[C@@H]1c1ccccc1. The van der Waals surface area contributed by atoms with Gasteiger partial charge in [-0.15, -0.1) is 0 Å². The van der Waals surface area contributed by atoms with Crippen LogP contribution in [0.4, 0.5) is 0 Å². The minimum absolute atomic E-state index is 0.142. The summed E-state index contributed by atoms with van der Waals surface area (Å²) < 4.78 is 26.6. The van der Waals surface area contributed by atoms with Crippen LogP contribution in [0.2, 0.25) is 0 Å². The van der Waals surface area contributed by atoms with E-state index >= 15 is 0 Å². The molecule has 4 rings (SSSR count). The molecule has 0 aromatic heterocycles. The van der Waals surface area contributed by atoms with E-state index in [0.29, 0.717) is 11.4 Å². The first-order chi connectivity index (χ1) is 13.2. The molecule has 0 N–H and O–H groups in total. The molecule has 0 unspecified atom stereocenters. The van der Waals surface area contributed by atoms with E-state index < -0.39 is 15.1 Å². The van der Waals surface area contributed by atoms with Crippen LogP contribution < -0.4 is 0 Å². The zero-order valence-corrected chi connectivity index (χ0v) is 15.6. The number of sulfone groups is 1. The van der Waals surface area contributed by atoms with Crippen LogP contribution in [0.15, 0.2) is 95.9 Å². The maximum absolute atomic E-state index is 13.3. The highest BCUT2D eigenvalue weighted by atomic mass is 32.2. The Bertz CT molecular complexity index is 976. The average Bonchev–Trinajstić information content (AvgIpc) is 3.14. The van der Waals surface area contributed by atoms with Gasteiger partial charge in [-0.2, -0.15) is 5.06 Å². The maximum Gasteiger partial charge on any atom is 0.185 e. The zero-order valence-electron chi connectivity index (χ0n) is 14.8. The number of benzene rings is 3. The van der Waals surface area contributed by atoms with Gasteiger partial charge in [-0.1, -0.05) is 78.9 Å². The number of nitrogens with zero attached hydrogens (tertiary/aromatic N) is 1. The first kappa shape index (κ1) is 17.9. The lowest BCUT2D eigenvalue weighted by atomic mass is 10.0.